The first-order valence-corrected chi connectivity index (χ1v) is 11.9. The SMILES string of the molecule is CC(C(=O)NC1CCCCC1)N(CCc1ccccc1)C(=O)CCCOc1ccccc1. The Labute approximate surface area is 192 Å². The zero-order chi connectivity index (χ0) is 22.6. The summed E-state index contributed by atoms with van der Waals surface area (Å²) in [5.74, 6) is 0.767. The Bertz CT molecular complexity index is 819. The van der Waals surface area contributed by atoms with Crippen LogP contribution in [0.4, 0.5) is 0 Å². The molecule has 0 aromatic heterocycles. The molecule has 0 aliphatic heterocycles. The molecule has 3 rings (SSSR count). The van der Waals surface area contributed by atoms with Gasteiger partial charge in [0.1, 0.15) is 11.8 Å². The number of hydrogen-bond donors (Lipinski definition) is 1. The van der Waals surface area contributed by atoms with Gasteiger partial charge in [-0.1, -0.05) is 67.8 Å². The molecule has 1 unspecified atom stereocenters. The van der Waals surface area contributed by atoms with Crippen molar-refractivity contribution in [1.82, 2.24) is 10.2 Å². The lowest BCUT2D eigenvalue weighted by molar-refractivity contribution is -0.140. The molecular weight excluding hydrogens is 400 g/mol. The first kappa shape index (κ1) is 23.8. The highest BCUT2D eigenvalue weighted by atomic mass is 16.5. The van der Waals surface area contributed by atoms with Gasteiger partial charge in [0.25, 0.3) is 0 Å². The van der Waals surface area contributed by atoms with Crippen molar-refractivity contribution >= 4 is 11.8 Å². The number of carbonyl (C=O) groups is 2. The van der Waals surface area contributed by atoms with Gasteiger partial charge in [0.15, 0.2) is 0 Å². The number of rotatable bonds is 11. The minimum absolute atomic E-state index is 0.00360. The molecule has 2 amide bonds. The van der Waals surface area contributed by atoms with Gasteiger partial charge in [-0.2, -0.15) is 0 Å². The molecule has 5 heteroatoms. The van der Waals surface area contributed by atoms with E-state index < -0.39 is 6.04 Å². The van der Waals surface area contributed by atoms with E-state index in [0.717, 1.165) is 43.4 Å². The van der Waals surface area contributed by atoms with E-state index in [1.165, 1.54) is 6.42 Å². The Hall–Kier alpha value is -2.82. The van der Waals surface area contributed by atoms with Crippen LogP contribution in [0.1, 0.15) is 57.4 Å². The molecule has 172 valence electrons. The van der Waals surface area contributed by atoms with Crippen LogP contribution in [0.2, 0.25) is 0 Å². The third-order valence-electron chi connectivity index (χ3n) is 6.15. The Morgan fingerprint density at radius 2 is 1.66 bits per heavy atom. The molecule has 32 heavy (non-hydrogen) atoms. The Balaban J connectivity index is 1.55. The molecule has 0 spiro atoms. The average Bonchev–Trinajstić information content (AvgIpc) is 2.84. The number of para-hydroxylation sites is 1. The van der Waals surface area contributed by atoms with E-state index in [4.69, 9.17) is 4.74 Å². The van der Waals surface area contributed by atoms with Gasteiger partial charge in [0.05, 0.1) is 6.61 Å². The van der Waals surface area contributed by atoms with Gasteiger partial charge in [-0.15, -0.1) is 0 Å². The van der Waals surface area contributed by atoms with Crippen molar-refractivity contribution in [3.8, 4) is 5.75 Å². The number of nitrogens with zero attached hydrogens (tertiary/aromatic N) is 1. The van der Waals surface area contributed by atoms with Gasteiger partial charge in [-0.3, -0.25) is 9.59 Å². The minimum Gasteiger partial charge on any atom is -0.494 e. The second kappa shape index (κ2) is 12.9. The summed E-state index contributed by atoms with van der Waals surface area (Å²) in [4.78, 5) is 27.8. The molecule has 2 aromatic rings. The minimum atomic E-state index is -0.483. The number of hydrogen-bond acceptors (Lipinski definition) is 3. The fraction of sp³-hybridized carbons (Fsp3) is 0.481. The maximum Gasteiger partial charge on any atom is 0.242 e. The summed E-state index contributed by atoms with van der Waals surface area (Å²) in [6, 6.07) is 19.5. The van der Waals surface area contributed by atoms with Crippen LogP contribution >= 0.6 is 0 Å². The summed E-state index contributed by atoms with van der Waals surface area (Å²) in [5, 5.41) is 3.18. The molecule has 0 saturated heterocycles. The van der Waals surface area contributed by atoms with Crippen LogP contribution in [0.15, 0.2) is 60.7 Å². The molecule has 0 heterocycles. The van der Waals surface area contributed by atoms with Crippen molar-refractivity contribution in [2.45, 2.75) is 70.4 Å². The highest BCUT2D eigenvalue weighted by Gasteiger charge is 2.27. The van der Waals surface area contributed by atoms with E-state index in [1.807, 2.05) is 55.5 Å². The number of nitrogens with one attached hydrogen (secondary N) is 1. The maximum atomic E-state index is 13.1. The van der Waals surface area contributed by atoms with E-state index in [-0.39, 0.29) is 17.9 Å². The van der Waals surface area contributed by atoms with E-state index in [2.05, 4.69) is 17.4 Å². The van der Waals surface area contributed by atoms with Crippen LogP contribution in [-0.2, 0) is 16.0 Å². The quantitative estimate of drug-likeness (QED) is 0.517. The Kier molecular flexibility index (Phi) is 9.60. The van der Waals surface area contributed by atoms with Crippen LogP contribution in [0.3, 0.4) is 0 Å². The smallest absolute Gasteiger partial charge is 0.242 e. The van der Waals surface area contributed by atoms with Crippen molar-refractivity contribution in [2.75, 3.05) is 13.2 Å². The predicted molar refractivity (Wildman–Crippen MR) is 128 cm³/mol. The van der Waals surface area contributed by atoms with E-state index in [0.29, 0.717) is 26.0 Å². The standard InChI is InChI=1S/C27H36N2O3/c1-22(27(31)28-24-14-7-3-8-15-24)29(20-19-23-12-5-2-6-13-23)26(30)18-11-21-32-25-16-9-4-10-17-25/h2,4-6,9-10,12-13,16-17,22,24H,3,7-8,11,14-15,18-21H2,1H3,(H,28,31). The summed E-state index contributed by atoms with van der Waals surface area (Å²) in [6.07, 6.45) is 7.35. The number of ether oxygens (including phenoxy) is 1. The Morgan fingerprint density at radius 3 is 2.34 bits per heavy atom. The highest BCUT2D eigenvalue weighted by Crippen LogP contribution is 2.18. The molecule has 0 radical (unpaired) electrons. The highest BCUT2D eigenvalue weighted by molar-refractivity contribution is 5.87. The third-order valence-corrected chi connectivity index (χ3v) is 6.15. The molecule has 1 saturated carbocycles. The van der Waals surface area contributed by atoms with Crippen molar-refractivity contribution in [3.63, 3.8) is 0 Å². The molecular formula is C27H36N2O3. The molecule has 1 aliphatic rings. The lowest BCUT2D eigenvalue weighted by Gasteiger charge is -2.31. The third kappa shape index (κ3) is 7.70. The summed E-state index contributed by atoms with van der Waals surface area (Å²) in [6.45, 7) is 2.86. The maximum absolute atomic E-state index is 13.1. The monoisotopic (exact) mass is 436 g/mol. The number of carbonyl (C=O) groups excluding carboxylic acids is 2. The average molecular weight is 437 g/mol. The molecule has 0 bridgehead atoms. The van der Waals surface area contributed by atoms with Crippen LogP contribution in [0, 0.1) is 0 Å². The normalized spacial score (nSPS) is 15.0. The van der Waals surface area contributed by atoms with Crippen molar-refractivity contribution < 1.29 is 14.3 Å². The zero-order valence-electron chi connectivity index (χ0n) is 19.2. The molecule has 1 atom stereocenters. The lowest BCUT2D eigenvalue weighted by atomic mass is 9.95. The zero-order valence-corrected chi connectivity index (χ0v) is 19.2. The fourth-order valence-electron chi connectivity index (χ4n) is 4.21. The Morgan fingerprint density at radius 1 is 1.00 bits per heavy atom. The van der Waals surface area contributed by atoms with Crippen LogP contribution in [0.5, 0.6) is 5.75 Å². The van der Waals surface area contributed by atoms with Gasteiger partial charge < -0.3 is 15.0 Å². The largest absolute Gasteiger partial charge is 0.494 e. The van der Waals surface area contributed by atoms with Crippen LogP contribution < -0.4 is 10.1 Å². The number of benzene rings is 2. The number of amides is 2. The van der Waals surface area contributed by atoms with Crippen molar-refractivity contribution in [1.29, 1.82) is 0 Å². The van der Waals surface area contributed by atoms with E-state index in [9.17, 15) is 9.59 Å². The van der Waals surface area contributed by atoms with Crippen molar-refractivity contribution in [3.05, 3.63) is 66.2 Å². The first-order valence-electron chi connectivity index (χ1n) is 11.9. The van der Waals surface area contributed by atoms with E-state index in [1.54, 1.807) is 4.90 Å². The first-order chi connectivity index (χ1) is 15.6. The summed E-state index contributed by atoms with van der Waals surface area (Å²) < 4.78 is 5.72. The summed E-state index contributed by atoms with van der Waals surface area (Å²) in [7, 11) is 0. The molecule has 1 fully saturated rings. The van der Waals surface area contributed by atoms with Gasteiger partial charge in [-0.05, 0) is 50.3 Å². The second-order valence-corrected chi connectivity index (χ2v) is 8.61. The fourth-order valence-corrected chi connectivity index (χ4v) is 4.21. The van der Waals surface area contributed by atoms with Crippen LogP contribution in [-0.4, -0.2) is 41.9 Å². The van der Waals surface area contributed by atoms with Crippen LogP contribution in [0.25, 0.3) is 0 Å². The molecule has 5 nitrogen and oxygen atoms in total. The lowest BCUT2D eigenvalue weighted by Crippen LogP contribution is -2.51. The predicted octanol–water partition coefficient (Wildman–Crippen LogP) is 4.75. The van der Waals surface area contributed by atoms with Gasteiger partial charge in [0.2, 0.25) is 11.8 Å². The van der Waals surface area contributed by atoms with Gasteiger partial charge in [0, 0.05) is 19.0 Å². The summed E-state index contributed by atoms with van der Waals surface area (Å²) in [5.41, 5.74) is 1.16. The summed E-state index contributed by atoms with van der Waals surface area (Å²) >= 11 is 0. The molecule has 1 aliphatic carbocycles. The topological polar surface area (TPSA) is 58.6 Å². The van der Waals surface area contributed by atoms with Gasteiger partial charge >= 0.3 is 0 Å². The molecule has 1 N–H and O–H groups in total. The second-order valence-electron chi connectivity index (χ2n) is 8.61. The van der Waals surface area contributed by atoms with E-state index >= 15 is 0 Å². The van der Waals surface area contributed by atoms with Gasteiger partial charge in [-0.25, -0.2) is 0 Å². The molecule has 2 aromatic carbocycles. The van der Waals surface area contributed by atoms with Crippen molar-refractivity contribution in [2.24, 2.45) is 0 Å².